The van der Waals surface area contributed by atoms with E-state index >= 15 is 0 Å². The number of unbranched alkanes of at least 4 members (excludes halogenated alkanes) is 1. The lowest BCUT2D eigenvalue weighted by Crippen LogP contribution is -2.33. The van der Waals surface area contributed by atoms with E-state index in [1.807, 2.05) is 0 Å². The summed E-state index contributed by atoms with van der Waals surface area (Å²) in [6.07, 6.45) is 2.86. The van der Waals surface area contributed by atoms with E-state index in [9.17, 15) is 20.0 Å². The second kappa shape index (κ2) is 6.47. The number of non-ortho nitro benzene ring substituents is 1. The molecule has 1 N–H and O–H groups in total. The van der Waals surface area contributed by atoms with Gasteiger partial charge in [0.2, 0.25) is 5.91 Å². The van der Waals surface area contributed by atoms with Crippen LogP contribution in [0.5, 0.6) is 0 Å². The van der Waals surface area contributed by atoms with Gasteiger partial charge in [0.25, 0.3) is 5.69 Å². The number of carbonyl (C=O) groups excluding carboxylic acids is 1. The molecule has 1 saturated heterocycles. The average Bonchev–Trinajstić information content (AvgIpc) is 2.75. The van der Waals surface area contributed by atoms with Gasteiger partial charge in [0.15, 0.2) is 0 Å². The van der Waals surface area contributed by atoms with E-state index in [-0.39, 0.29) is 11.6 Å². The zero-order valence-electron chi connectivity index (χ0n) is 11.2. The molecule has 1 aromatic carbocycles. The van der Waals surface area contributed by atoms with Gasteiger partial charge in [-0.1, -0.05) is 12.1 Å². The lowest BCUT2D eigenvalue weighted by Gasteiger charge is -2.20. The minimum absolute atomic E-state index is 0.0211. The summed E-state index contributed by atoms with van der Waals surface area (Å²) in [7, 11) is 0. The number of aliphatic hydroxyl groups excluding tert-OH is 1. The Balaban J connectivity index is 1.73. The van der Waals surface area contributed by atoms with Crippen LogP contribution in [0, 0.1) is 10.1 Å². The van der Waals surface area contributed by atoms with E-state index in [0.29, 0.717) is 19.4 Å². The van der Waals surface area contributed by atoms with Crippen LogP contribution in [0.3, 0.4) is 0 Å². The number of hydrogen-bond acceptors (Lipinski definition) is 4. The number of carbonyl (C=O) groups is 1. The topological polar surface area (TPSA) is 83.7 Å². The highest BCUT2D eigenvalue weighted by Gasteiger charge is 2.28. The number of aliphatic hydroxyl groups is 1. The van der Waals surface area contributed by atoms with Gasteiger partial charge in [-0.25, -0.2) is 0 Å². The van der Waals surface area contributed by atoms with E-state index in [1.165, 1.54) is 17.0 Å². The minimum Gasteiger partial charge on any atom is -0.374 e. The Morgan fingerprint density at radius 2 is 2.00 bits per heavy atom. The fourth-order valence-electron chi connectivity index (χ4n) is 2.39. The molecule has 6 nitrogen and oxygen atoms in total. The van der Waals surface area contributed by atoms with Gasteiger partial charge in [-0.05, 0) is 24.8 Å². The maximum absolute atomic E-state index is 11.5. The van der Waals surface area contributed by atoms with Crippen LogP contribution in [-0.2, 0) is 11.2 Å². The van der Waals surface area contributed by atoms with Crippen LogP contribution in [0.25, 0.3) is 0 Å². The van der Waals surface area contributed by atoms with Crippen molar-refractivity contribution in [2.45, 2.75) is 38.3 Å². The molecule has 1 aliphatic rings. The van der Waals surface area contributed by atoms with Crippen molar-refractivity contribution in [3.8, 4) is 0 Å². The molecule has 2 rings (SSSR count). The van der Waals surface area contributed by atoms with Crippen LogP contribution in [0.15, 0.2) is 24.3 Å². The van der Waals surface area contributed by atoms with Gasteiger partial charge in [-0.3, -0.25) is 14.9 Å². The van der Waals surface area contributed by atoms with Gasteiger partial charge >= 0.3 is 0 Å². The second-order valence-corrected chi connectivity index (χ2v) is 4.99. The molecule has 1 fully saturated rings. The third kappa shape index (κ3) is 3.54. The van der Waals surface area contributed by atoms with Crippen molar-refractivity contribution in [2.75, 3.05) is 6.54 Å². The van der Waals surface area contributed by atoms with E-state index in [1.54, 1.807) is 12.1 Å². The number of rotatable bonds is 6. The molecule has 1 aliphatic heterocycles. The second-order valence-electron chi connectivity index (χ2n) is 4.99. The molecule has 1 unspecified atom stereocenters. The molecular weight excluding hydrogens is 260 g/mol. The van der Waals surface area contributed by atoms with Crippen LogP contribution in [-0.4, -0.2) is 33.6 Å². The van der Waals surface area contributed by atoms with Crippen LogP contribution in [0.1, 0.15) is 31.2 Å². The first-order chi connectivity index (χ1) is 9.58. The molecule has 6 heteroatoms. The summed E-state index contributed by atoms with van der Waals surface area (Å²) >= 11 is 0. The van der Waals surface area contributed by atoms with Gasteiger partial charge < -0.3 is 10.0 Å². The van der Waals surface area contributed by atoms with Crippen molar-refractivity contribution in [2.24, 2.45) is 0 Å². The van der Waals surface area contributed by atoms with Crippen molar-refractivity contribution in [1.82, 2.24) is 4.90 Å². The lowest BCUT2D eigenvalue weighted by atomic mass is 10.1. The van der Waals surface area contributed by atoms with Crippen molar-refractivity contribution < 1.29 is 14.8 Å². The Kier molecular flexibility index (Phi) is 4.68. The quantitative estimate of drug-likeness (QED) is 0.489. The fourth-order valence-corrected chi connectivity index (χ4v) is 2.39. The first-order valence-electron chi connectivity index (χ1n) is 6.79. The highest BCUT2D eigenvalue weighted by atomic mass is 16.6. The summed E-state index contributed by atoms with van der Waals surface area (Å²) in [5, 5.41) is 20.1. The summed E-state index contributed by atoms with van der Waals surface area (Å²) in [4.78, 5) is 23.1. The fraction of sp³-hybridized carbons (Fsp3) is 0.500. The molecule has 1 atom stereocenters. The molecule has 108 valence electrons. The Morgan fingerprint density at radius 3 is 2.55 bits per heavy atom. The summed E-state index contributed by atoms with van der Waals surface area (Å²) in [5.41, 5.74) is 1.14. The highest BCUT2D eigenvalue weighted by molar-refractivity contribution is 5.78. The summed E-state index contributed by atoms with van der Waals surface area (Å²) in [6.45, 7) is 0.576. The average molecular weight is 278 g/mol. The SMILES string of the molecule is O=C1CCC(O)N1CCCCc1ccc([N+](=O)[O-])cc1. The predicted molar refractivity (Wildman–Crippen MR) is 73.0 cm³/mol. The van der Waals surface area contributed by atoms with Crippen molar-refractivity contribution in [1.29, 1.82) is 0 Å². The van der Waals surface area contributed by atoms with Crippen molar-refractivity contribution in [3.05, 3.63) is 39.9 Å². The van der Waals surface area contributed by atoms with Crippen molar-refractivity contribution in [3.63, 3.8) is 0 Å². The molecule has 0 bridgehead atoms. The monoisotopic (exact) mass is 278 g/mol. The number of amides is 1. The van der Waals surface area contributed by atoms with E-state index in [0.717, 1.165) is 24.8 Å². The molecule has 0 radical (unpaired) electrons. The molecule has 1 aromatic rings. The molecular formula is C14H18N2O4. The van der Waals surface area contributed by atoms with Crippen LogP contribution in [0.2, 0.25) is 0 Å². The normalized spacial score (nSPS) is 18.6. The summed E-state index contributed by atoms with van der Waals surface area (Å²) < 4.78 is 0. The van der Waals surface area contributed by atoms with Gasteiger partial charge in [0, 0.05) is 31.5 Å². The number of benzene rings is 1. The van der Waals surface area contributed by atoms with Gasteiger partial charge in [0.05, 0.1) is 4.92 Å². The summed E-state index contributed by atoms with van der Waals surface area (Å²) in [6, 6.07) is 6.52. The van der Waals surface area contributed by atoms with E-state index < -0.39 is 11.2 Å². The molecule has 1 amide bonds. The number of hydrogen-bond donors (Lipinski definition) is 1. The van der Waals surface area contributed by atoms with Gasteiger partial charge in [-0.2, -0.15) is 0 Å². The molecule has 20 heavy (non-hydrogen) atoms. The molecule has 0 aliphatic carbocycles. The smallest absolute Gasteiger partial charge is 0.269 e. The van der Waals surface area contributed by atoms with E-state index in [4.69, 9.17) is 0 Å². The Labute approximate surface area is 117 Å². The van der Waals surface area contributed by atoms with Crippen LogP contribution in [0.4, 0.5) is 5.69 Å². The standard InChI is InChI=1S/C14H18N2O4/c17-13-8-9-14(18)15(13)10-2-1-3-11-4-6-12(7-5-11)16(19)20/h4-7,13,17H,1-3,8-10H2. The molecule has 0 aromatic heterocycles. The first kappa shape index (κ1) is 14.5. The third-order valence-electron chi connectivity index (χ3n) is 3.56. The largest absolute Gasteiger partial charge is 0.374 e. The molecule has 1 heterocycles. The summed E-state index contributed by atoms with van der Waals surface area (Å²) in [5.74, 6) is 0.0211. The lowest BCUT2D eigenvalue weighted by molar-refractivity contribution is -0.384. The first-order valence-corrected chi connectivity index (χ1v) is 6.79. The predicted octanol–water partition coefficient (Wildman–Crippen LogP) is 1.86. The minimum atomic E-state index is -0.623. The number of aryl methyl sites for hydroxylation is 1. The van der Waals surface area contributed by atoms with Crippen LogP contribution < -0.4 is 0 Å². The van der Waals surface area contributed by atoms with Gasteiger partial charge in [0.1, 0.15) is 6.23 Å². The zero-order valence-corrected chi connectivity index (χ0v) is 11.2. The molecule has 0 spiro atoms. The van der Waals surface area contributed by atoms with Crippen molar-refractivity contribution >= 4 is 11.6 Å². The van der Waals surface area contributed by atoms with Gasteiger partial charge in [-0.15, -0.1) is 0 Å². The Hall–Kier alpha value is -1.95. The third-order valence-corrected chi connectivity index (χ3v) is 3.56. The number of nitro groups is 1. The van der Waals surface area contributed by atoms with E-state index in [2.05, 4.69) is 0 Å². The maximum Gasteiger partial charge on any atom is 0.269 e. The Morgan fingerprint density at radius 1 is 1.30 bits per heavy atom. The number of nitrogens with zero attached hydrogens (tertiary/aromatic N) is 2. The van der Waals surface area contributed by atoms with Crippen LogP contribution >= 0.6 is 0 Å². The zero-order chi connectivity index (χ0) is 14.5. The molecule has 0 saturated carbocycles. The highest BCUT2D eigenvalue weighted by Crippen LogP contribution is 2.18. The number of nitro benzene ring substituents is 1. The maximum atomic E-state index is 11.5. The number of likely N-dealkylation sites (tertiary alicyclic amines) is 1. The Bertz CT molecular complexity index is 486.